The molecule has 0 aliphatic carbocycles. The Bertz CT molecular complexity index is 81.1. The van der Waals surface area contributed by atoms with E-state index in [1.54, 1.807) is 11.8 Å². The lowest BCUT2D eigenvalue weighted by molar-refractivity contribution is 0.181. The summed E-state index contributed by atoms with van der Waals surface area (Å²) in [7, 11) is 0. The highest BCUT2D eigenvalue weighted by molar-refractivity contribution is 8.00. The summed E-state index contributed by atoms with van der Waals surface area (Å²) in [5.74, 6) is 0.877. The quantitative estimate of drug-likeness (QED) is 0.557. The topological polar surface area (TPSA) is 46.2 Å². The van der Waals surface area contributed by atoms with Crippen LogP contribution in [0, 0.1) is 0 Å². The van der Waals surface area contributed by atoms with Crippen molar-refractivity contribution in [3.8, 4) is 0 Å². The number of nitrogens with two attached hydrogens (primary N) is 1. The highest BCUT2D eigenvalue weighted by Gasteiger charge is 2.17. The maximum Gasteiger partial charge on any atom is 0.0631 e. The van der Waals surface area contributed by atoms with E-state index in [4.69, 9.17) is 10.8 Å². The van der Waals surface area contributed by atoms with E-state index in [1.807, 2.05) is 0 Å². The van der Waals surface area contributed by atoms with E-state index in [0.29, 0.717) is 5.25 Å². The van der Waals surface area contributed by atoms with Gasteiger partial charge in [-0.2, -0.15) is 11.8 Å². The van der Waals surface area contributed by atoms with Crippen LogP contribution >= 0.6 is 11.8 Å². The van der Waals surface area contributed by atoms with Gasteiger partial charge in [0.25, 0.3) is 0 Å². The molecule has 3 heteroatoms. The number of thioether (sulfide) groups is 1. The first kappa shape index (κ1) is 7.38. The Hall–Kier alpha value is 0.270. The zero-order chi connectivity index (χ0) is 6.69. The summed E-state index contributed by atoms with van der Waals surface area (Å²) in [6.45, 7) is 0.761. The van der Waals surface area contributed by atoms with Crippen LogP contribution in [0.5, 0.6) is 0 Å². The van der Waals surface area contributed by atoms with Crippen LogP contribution in [0.2, 0.25) is 0 Å². The van der Waals surface area contributed by atoms with Gasteiger partial charge in [-0.3, -0.25) is 0 Å². The first-order valence-electron chi connectivity index (χ1n) is 3.32. The second-order valence-corrected chi connectivity index (χ2v) is 3.76. The number of hydrogen-bond acceptors (Lipinski definition) is 3. The molecule has 1 fully saturated rings. The van der Waals surface area contributed by atoms with Gasteiger partial charge in [-0.25, -0.2) is 0 Å². The third-order valence-corrected chi connectivity index (χ3v) is 3.09. The highest BCUT2D eigenvalue weighted by atomic mass is 32.2. The Morgan fingerprint density at radius 3 is 2.78 bits per heavy atom. The predicted molar refractivity (Wildman–Crippen MR) is 40.5 cm³/mol. The van der Waals surface area contributed by atoms with E-state index in [-0.39, 0.29) is 6.10 Å². The van der Waals surface area contributed by atoms with Crippen LogP contribution in [0.15, 0.2) is 0 Å². The highest BCUT2D eigenvalue weighted by Crippen LogP contribution is 2.23. The summed E-state index contributed by atoms with van der Waals surface area (Å²) >= 11 is 1.80. The zero-order valence-electron chi connectivity index (χ0n) is 5.42. The molecule has 1 aliphatic rings. The number of aliphatic hydroxyl groups is 1. The van der Waals surface area contributed by atoms with Crippen molar-refractivity contribution < 1.29 is 5.11 Å². The predicted octanol–water partition coefficient (Wildman–Crippen LogP) is 0.202. The summed E-state index contributed by atoms with van der Waals surface area (Å²) in [6, 6.07) is 0. The van der Waals surface area contributed by atoms with Crippen molar-refractivity contribution in [2.75, 3.05) is 12.3 Å². The van der Waals surface area contributed by atoms with E-state index >= 15 is 0 Å². The van der Waals surface area contributed by atoms with Crippen molar-refractivity contribution in [1.29, 1.82) is 0 Å². The Kier molecular flexibility index (Phi) is 2.82. The first-order chi connectivity index (χ1) is 4.33. The van der Waals surface area contributed by atoms with Crippen LogP contribution in [0.4, 0.5) is 0 Å². The molecule has 0 radical (unpaired) electrons. The largest absolute Gasteiger partial charge is 0.392 e. The molecule has 1 heterocycles. The summed E-state index contributed by atoms with van der Waals surface area (Å²) < 4.78 is 0. The molecule has 54 valence electrons. The van der Waals surface area contributed by atoms with Gasteiger partial charge in [0.05, 0.1) is 6.10 Å². The Labute approximate surface area is 59.8 Å². The normalized spacial score (nSPS) is 36.7. The molecule has 0 amide bonds. The SMILES string of the molecule is NC[C@H]1CC[C@@H](O)CS1. The van der Waals surface area contributed by atoms with E-state index < -0.39 is 0 Å². The second kappa shape index (κ2) is 3.44. The van der Waals surface area contributed by atoms with Crippen LogP contribution < -0.4 is 5.73 Å². The van der Waals surface area contributed by atoms with Gasteiger partial charge < -0.3 is 10.8 Å². The van der Waals surface area contributed by atoms with Gasteiger partial charge in [-0.1, -0.05) is 0 Å². The summed E-state index contributed by atoms with van der Waals surface area (Å²) in [5, 5.41) is 9.67. The van der Waals surface area contributed by atoms with Gasteiger partial charge >= 0.3 is 0 Å². The average Bonchev–Trinajstić information content (AvgIpc) is 1.90. The maximum atomic E-state index is 9.06. The molecule has 1 rings (SSSR count). The Morgan fingerprint density at radius 1 is 1.56 bits per heavy atom. The molecule has 0 saturated carbocycles. The molecule has 0 aromatic heterocycles. The molecule has 2 atom stereocenters. The number of aliphatic hydroxyl groups excluding tert-OH is 1. The molecule has 3 N–H and O–H groups in total. The van der Waals surface area contributed by atoms with Gasteiger partial charge in [0.2, 0.25) is 0 Å². The Morgan fingerprint density at radius 2 is 2.33 bits per heavy atom. The molecule has 0 unspecified atom stereocenters. The van der Waals surface area contributed by atoms with E-state index in [0.717, 1.165) is 25.1 Å². The fraction of sp³-hybridized carbons (Fsp3) is 1.00. The third kappa shape index (κ3) is 2.16. The van der Waals surface area contributed by atoms with Crippen LogP contribution in [0.1, 0.15) is 12.8 Å². The molecule has 0 aromatic rings. The summed E-state index contributed by atoms with van der Waals surface area (Å²) in [4.78, 5) is 0. The van der Waals surface area contributed by atoms with Crippen LogP contribution in [0.25, 0.3) is 0 Å². The fourth-order valence-electron chi connectivity index (χ4n) is 0.978. The molecular formula is C6H13NOS. The van der Waals surface area contributed by atoms with Crippen molar-refractivity contribution in [3.63, 3.8) is 0 Å². The van der Waals surface area contributed by atoms with Gasteiger partial charge in [-0.05, 0) is 12.8 Å². The molecular weight excluding hydrogens is 134 g/mol. The minimum absolute atomic E-state index is 0.0715. The van der Waals surface area contributed by atoms with Crippen molar-refractivity contribution >= 4 is 11.8 Å². The maximum absolute atomic E-state index is 9.06. The monoisotopic (exact) mass is 147 g/mol. The van der Waals surface area contributed by atoms with Crippen LogP contribution in [-0.2, 0) is 0 Å². The summed E-state index contributed by atoms with van der Waals surface area (Å²) in [6.07, 6.45) is 1.95. The van der Waals surface area contributed by atoms with E-state index in [2.05, 4.69) is 0 Å². The third-order valence-electron chi connectivity index (χ3n) is 1.61. The van der Waals surface area contributed by atoms with Crippen LogP contribution in [-0.4, -0.2) is 28.8 Å². The smallest absolute Gasteiger partial charge is 0.0631 e. The molecule has 1 saturated heterocycles. The number of rotatable bonds is 1. The minimum Gasteiger partial charge on any atom is -0.392 e. The van der Waals surface area contributed by atoms with Gasteiger partial charge in [0.15, 0.2) is 0 Å². The lowest BCUT2D eigenvalue weighted by Gasteiger charge is -2.23. The molecule has 9 heavy (non-hydrogen) atoms. The van der Waals surface area contributed by atoms with Crippen molar-refractivity contribution in [2.45, 2.75) is 24.2 Å². The first-order valence-corrected chi connectivity index (χ1v) is 4.37. The van der Waals surface area contributed by atoms with E-state index in [9.17, 15) is 0 Å². The average molecular weight is 147 g/mol. The van der Waals surface area contributed by atoms with Gasteiger partial charge in [0.1, 0.15) is 0 Å². The van der Waals surface area contributed by atoms with Crippen molar-refractivity contribution in [2.24, 2.45) is 5.73 Å². The van der Waals surface area contributed by atoms with Crippen molar-refractivity contribution in [3.05, 3.63) is 0 Å². The lowest BCUT2D eigenvalue weighted by atomic mass is 10.1. The number of hydrogen-bond donors (Lipinski definition) is 2. The van der Waals surface area contributed by atoms with Gasteiger partial charge in [-0.15, -0.1) is 0 Å². The lowest BCUT2D eigenvalue weighted by Crippen LogP contribution is -2.26. The molecule has 2 nitrogen and oxygen atoms in total. The summed E-state index contributed by atoms with van der Waals surface area (Å²) in [5.41, 5.74) is 5.45. The van der Waals surface area contributed by atoms with Crippen LogP contribution in [0.3, 0.4) is 0 Å². The minimum atomic E-state index is -0.0715. The molecule has 0 spiro atoms. The standard InChI is InChI=1S/C6H13NOS/c7-3-6-2-1-5(8)4-9-6/h5-6,8H,1-4,7H2/t5-,6-/m1/s1. The van der Waals surface area contributed by atoms with Gasteiger partial charge in [0, 0.05) is 17.5 Å². The van der Waals surface area contributed by atoms with Crippen molar-refractivity contribution in [1.82, 2.24) is 0 Å². The zero-order valence-corrected chi connectivity index (χ0v) is 6.23. The van der Waals surface area contributed by atoms with E-state index in [1.165, 1.54) is 0 Å². The Balaban J connectivity index is 2.18. The molecule has 0 bridgehead atoms. The molecule has 0 aromatic carbocycles. The fourth-order valence-corrected chi connectivity index (χ4v) is 2.08. The second-order valence-electron chi connectivity index (χ2n) is 2.42. The molecule has 1 aliphatic heterocycles.